The Labute approximate surface area is 140 Å². The van der Waals surface area contributed by atoms with Gasteiger partial charge in [-0.25, -0.2) is 17.3 Å². The Morgan fingerprint density at radius 2 is 1.83 bits per heavy atom. The maximum atomic E-state index is 12.8. The third kappa shape index (κ3) is 3.61. The molecule has 1 N–H and O–H groups in total. The van der Waals surface area contributed by atoms with Crippen LogP contribution in [0, 0.1) is 0 Å². The topological polar surface area (TPSA) is 103 Å². The van der Waals surface area contributed by atoms with Crippen molar-refractivity contribution in [1.82, 2.24) is 4.72 Å². The molecular formula is C14H11ClNO5S2-. The molecule has 9 heteroatoms. The molecule has 0 saturated heterocycles. The maximum Gasteiger partial charge on any atom is 0.241 e. The van der Waals surface area contributed by atoms with Crippen LogP contribution in [0.5, 0.6) is 0 Å². The molecule has 0 aliphatic rings. The van der Waals surface area contributed by atoms with E-state index in [9.17, 15) is 22.5 Å². The SMILES string of the molecule is CNS(=O)(=O)c1cc(Cl)ccc1[S@@](=O)c1ccccc1C(=O)[O-]. The highest BCUT2D eigenvalue weighted by atomic mass is 35.5. The van der Waals surface area contributed by atoms with E-state index in [1.165, 1.54) is 43.4 Å². The van der Waals surface area contributed by atoms with E-state index in [1.807, 2.05) is 0 Å². The van der Waals surface area contributed by atoms with Crippen molar-refractivity contribution in [2.45, 2.75) is 14.7 Å². The highest BCUT2D eigenvalue weighted by molar-refractivity contribution is 7.91. The number of carboxylic acid groups (broad SMARTS) is 1. The lowest BCUT2D eigenvalue weighted by Crippen LogP contribution is -2.24. The third-order valence-corrected chi connectivity index (χ3v) is 6.30. The second-order valence-electron chi connectivity index (χ2n) is 4.35. The van der Waals surface area contributed by atoms with E-state index in [4.69, 9.17) is 11.6 Å². The van der Waals surface area contributed by atoms with Crippen LogP contribution in [0.2, 0.25) is 5.02 Å². The van der Waals surface area contributed by atoms with E-state index in [1.54, 1.807) is 0 Å². The molecule has 2 aromatic rings. The molecule has 0 radical (unpaired) electrons. The minimum atomic E-state index is -3.93. The average molecular weight is 373 g/mol. The molecule has 23 heavy (non-hydrogen) atoms. The normalized spacial score (nSPS) is 12.8. The predicted molar refractivity (Wildman–Crippen MR) is 83.1 cm³/mol. The van der Waals surface area contributed by atoms with Gasteiger partial charge in [0.05, 0.1) is 31.5 Å². The van der Waals surface area contributed by atoms with Crippen LogP contribution in [0.25, 0.3) is 0 Å². The van der Waals surface area contributed by atoms with Crippen molar-refractivity contribution in [3.63, 3.8) is 0 Å². The molecular weight excluding hydrogens is 362 g/mol. The van der Waals surface area contributed by atoms with E-state index < -0.39 is 26.8 Å². The van der Waals surface area contributed by atoms with Gasteiger partial charge in [0.15, 0.2) is 0 Å². The largest absolute Gasteiger partial charge is 0.545 e. The zero-order valence-electron chi connectivity index (χ0n) is 11.8. The molecule has 0 spiro atoms. The Hall–Kier alpha value is -1.74. The van der Waals surface area contributed by atoms with E-state index in [2.05, 4.69) is 4.72 Å². The summed E-state index contributed by atoms with van der Waals surface area (Å²) in [4.78, 5) is 10.7. The fourth-order valence-electron chi connectivity index (χ4n) is 1.87. The summed E-state index contributed by atoms with van der Waals surface area (Å²) in [5.41, 5.74) is -0.270. The molecule has 0 unspecified atom stereocenters. The molecule has 0 fully saturated rings. The third-order valence-electron chi connectivity index (χ3n) is 2.97. The van der Waals surface area contributed by atoms with Gasteiger partial charge < -0.3 is 9.90 Å². The molecule has 2 aromatic carbocycles. The van der Waals surface area contributed by atoms with Gasteiger partial charge in [-0.2, -0.15) is 0 Å². The van der Waals surface area contributed by atoms with E-state index in [-0.39, 0.29) is 25.3 Å². The molecule has 1 atom stereocenters. The second-order valence-corrected chi connectivity index (χ2v) is 8.06. The monoisotopic (exact) mass is 372 g/mol. The predicted octanol–water partition coefficient (Wildman–Crippen LogP) is 0.778. The summed E-state index contributed by atoms with van der Waals surface area (Å²) in [5.74, 6) is -1.50. The molecule has 122 valence electrons. The molecule has 0 bridgehead atoms. The van der Waals surface area contributed by atoms with Crippen molar-refractivity contribution < 1.29 is 22.5 Å². The smallest absolute Gasteiger partial charge is 0.241 e. The summed E-state index contributed by atoms with van der Waals surface area (Å²) in [6.45, 7) is 0. The molecule has 6 nitrogen and oxygen atoms in total. The Morgan fingerprint density at radius 1 is 1.17 bits per heavy atom. The molecule has 0 aliphatic carbocycles. The standard InChI is InChI=1S/C14H12ClNO5S2/c1-16-23(20,21)13-8-9(15)6-7-12(13)22(19)11-5-3-2-4-10(11)14(17)18/h2-8,16H,1H3,(H,17,18)/p-1/t22-/m0/s1. The van der Waals surface area contributed by atoms with E-state index >= 15 is 0 Å². The minimum absolute atomic E-state index is 0.0534. The van der Waals surface area contributed by atoms with Gasteiger partial charge in [0.1, 0.15) is 0 Å². The van der Waals surface area contributed by atoms with Crippen molar-refractivity contribution in [2.24, 2.45) is 0 Å². The van der Waals surface area contributed by atoms with Crippen molar-refractivity contribution in [1.29, 1.82) is 0 Å². The minimum Gasteiger partial charge on any atom is -0.545 e. The highest BCUT2D eigenvalue weighted by Gasteiger charge is 2.23. The van der Waals surface area contributed by atoms with Gasteiger partial charge in [0.25, 0.3) is 0 Å². The van der Waals surface area contributed by atoms with Gasteiger partial charge in [0.2, 0.25) is 10.0 Å². The number of carboxylic acids is 1. The summed E-state index contributed by atoms with van der Waals surface area (Å²) in [6.07, 6.45) is 0. The zero-order chi connectivity index (χ0) is 17.2. The number of carbonyl (C=O) groups is 1. The Bertz CT molecular complexity index is 896. The summed E-state index contributed by atoms with van der Waals surface area (Å²) < 4.78 is 39.1. The summed E-state index contributed by atoms with van der Waals surface area (Å²) in [7, 11) is -4.77. The summed E-state index contributed by atoms with van der Waals surface area (Å²) in [6, 6.07) is 9.36. The number of aromatic carboxylic acids is 1. The Kier molecular flexibility index (Phi) is 5.20. The first-order valence-electron chi connectivity index (χ1n) is 6.23. The molecule has 0 heterocycles. The lowest BCUT2D eigenvalue weighted by atomic mass is 10.2. The number of rotatable bonds is 5. The van der Waals surface area contributed by atoms with Crippen molar-refractivity contribution in [2.75, 3.05) is 7.05 Å². The van der Waals surface area contributed by atoms with E-state index in [0.717, 1.165) is 6.07 Å². The zero-order valence-corrected chi connectivity index (χ0v) is 14.2. The van der Waals surface area contributed by atoms with Crippen LogP contribution in [-0.2, 0) is 20.8 Å². The summed E-state index contributed by atoms with van der Waals surface area (Å²) >= 11 is 5.82. The fraction of sp³-hybridized carbons (Fsp3) is 0.0714. The van der Waals surface area contributed by atoms with Crippen molar-refractivity contribution in [3.8, 4) is 0 Å². The van der Waals surface area contributed by atoms with Gasteiger partial charge in [-0.3, -0.25) is 0 Å². The highest BCUT2D eigenvalue weighted by Crippen LogP contribution is 2.28. The number of sulfonamides is 1. The lowest BCUT2D eigenvalue weighted by Gasteiger charge is -2.13. The Morgan fingerprint density at radius 3 is 2.43 bits per heavy atom. The van der Waals surface area contributed by atoms with Crippen LogP contribution in [-0.4, -0.2) is 25.6 Å². The first kappa shape index (κ1) is 17.6. The van der Waals surface area contributed by atoms with Crippen LogP contribution in [0.15, 0.2) is 57.2 Å². The van der Waals surface area contributed by atoms with Crippen molar-refractivity contribution >= 4 is 38.4 Å². The van der Waals surface area contributed by atoms with Gasteiger partial charge >= 0.3 is 0 Å². The number of carbonyl (C=O) groups excluding carboxylic acids is 1. The summed E-state index contributed by atoms with van der Waals surface area (Å²) in [5, 5.41) is 11.3. The van der Waals surface area contributed by atoms with Crippen LogP contribution in [0.4, 0.5) is 0 Å². The van der Waals surface area contributed by atoms with Gasteiger partial charge in [-0.1, -0.05) is 29.8 Å². The first-order chi connectivity index (χ1) is 10.8. The molecule has 0 aromatic heterocycles. The quantitative estimate of drug-likeness (QED) is 0.835. The number of hydrogen-bond acceptors (Lipinski definition) is 5. The fourth-order valence-corrected chi connectivity index (χ4v) is 4.72. The molecule has 0 saturated carbocycles. The second kappa shape index (κ2) is 6.79. The number of nitrogens with one attached hydrogen (secondary N) is 1. The molecule has 2 rings (SSSR count). The van der Waals surface area contributed by atoms with Crippen molar-refractivity contribution in [3.05, 3.63) is 53.1 Å². The molecule has 0 amide bonds. The van der Waals surface area contributed by atoms with Gasteiger partial charge in [-0.05, 0) is 31.3 Å². The van der Waals surface area contributed by atoms with E-state index in [0.29, 0.717) is 0 Å². The Balaban J connectivity index is 2.69. The van der Waals surface area contributed by atoms with Gasteiger partial charge in [-0.15, -0.1) is 0 Å². The van der Waals surface area contributed by atoms with Crippen LogP contribution in [0.3, 0.4) is 0 Å². The van der Waals surface area contributed by atoms with Gasteiger partial charge in [0, 0.05) is 10.6 Å². The van der Waals surface area contributed by atoms with Crippen LogP contribution < -0.4 is 9.83 Å². The number of benzene rings is 2. The lowest BCUT2D eigenvalue weighted by molar-refractivity contribution is -0.255. The number of halogens is 1. The first-order valence-corrected chi connectivity index (χ1v) is 9.24. The number of hydrogen-bond donors (Lipinski definition) is 1. The average Bonchev–Trinajstić information content (AvgIpc) is 2.54. The molecule has 0 aliphatic heterocycles. The van der Waals surface area contributed by atoms with Crippen LogP contribution in [0.1, 0.15) is 10.4 Å². The van der Waals surface area contributed by atoms with Crippen LogP contribution >= 0.6 is 11.6 Å². The maximum absolute atomic E-state index is 12.8.